The number of fused-ring (bicyclic) bond motifs is 2. The van der Waals surface area contributed by atoms with Crippen molar-refractivity contribution in [3.05, 3.63) is 63.8 Å². The molecule has 0 spiro atoms. The van der Waals surface area contributed by atoms with Crippen molar-refractivity contribution in [3.63, 3.8) is 0 Å². The highest BCUT2D eigenvalue weighted by molar-refractivity contribution is 6.33. The van der Waals surface area contributed by atoms with Crippen LogP contribution in [0.1, 0.15) is 57.6 Å². The van der Waals surface area contributed by atoms with E-state index in [0.717, 1.165) is 59.2 Å². The molecule has 3 aromatic heterocycles. The number of anilines is 4. The van der Waals surface area contributed by atoms with Crippen LogP contribution in [0.3, 0.4) is 0 Å². The van der Waals surface area contributed by atoms with Gasteiger partial charge in [0.2, 0.25) is 17.8 Å². The zero-order chi connectivity index (χ0) is 36.2. The van der Waals surface area contributed by atoms with Crippen molar-refractivity contribution >= 4 is 68.5 Å². The molecule has 0 bridgehead atoms. The molecule has 2 aliphatic heterocycles. The van der Waals surface area contributed by atoms with Crippen LogP contribution in [-0.4, -0.2) is 77.6 Å². The lowest BCUT2D eigenvalue weighted by atomic mass is 9.92. The van der Waals surface area contributed by atoms with Gasteiger partial charge in [-0.05, 0) is 63.8 Å². The number of halogens is 1. The van der Waals surface area contributed by atoms with Gasteiger partial charge in [-0.15, -0.1) is 0 Å². The molecule has 2 aromatic carbocycles. The monoisotopic (exact) mass is 714 g/mol. The van der Waals surface area contributed by atoms with E-state index in [4.69, 9.17) is 21.7 Å². The lowest BCUT2D eigenvalue weighted by molar-refractivity contribution is -0.134. The number of carbonyl (C=O) groups excluding carboxylic acids is 2. The minimum Gasteiger partial charge on any atom is -0.390 e. The van der Waals surface area contributed by atoms with Gasteiger partial charge in [-0.2, -0.15) is 10.1 Å². The standard InChI is InChI=1S/C36H43ClN10O4/c1-36(2,51)15-18-47-28-19-21(9-11-26(28)44(4)35(47)50)39-32-25(37)20-38-34(41-32)46-16-13-22(14-17-46)43(3)27-8-6-7-23-30(42-45(5)31(23)27)24-10-12-29(48)40-33(24)49/h6-9,11,19-20,22,24,51H,10,12-18H2,1-5H3,(H,38,39,41)(H,40,48,49). The molecule has 0 saturated carbocycles. The van der Waals surface area contributed by atoms with Gasteiger partial charge in [0.1, 0.15) is 5.02 Å². The van der Waals surface area contributed by atoms with Crippen molar-refractivity contribution in [2.45, 2.75) is 70.1 Å². The topological polar surface area (TPSA) is 155 Å². The van der Waals surface area contributed by atoms with Gasteiger partial charge in [0.25, 0.3) is 0 Å². The molecule has 51 heavy (non-hydrogen) atoms. The quantitative estimate of drug-likeness (QED) is 0.189. The van der Waals surface area contributed by atoms with E-state index in [2.05, 4.69) is 38.5 Å². The van der Waals surface area contributed by atoms with Gasteiger partial charge in [0, 0.05) is 64.3 Å². The average Bonchev–Trinajstić information content (AvgIpc) is 3.56. The molecule has 1 atom stereocenters. The van der Waals surface area contributed by atoms with Gasteiger partial charge in [-0.3, -0.25) is 28.7 Å². The first-order valence-corrected chi connectivity index (χ1v) is 17.6. The lowest BCUT2D eigenvalue weighted by Gasteiger charge is -2.38. The number of carbonyl (C=O) groups is 2. The minimum atomic E-state index is -0.900. The predicted molar refractivity (Wildman–Crippen MR) is 198 cm³/mol. The van der Waals surface area contributed by atoms with E-state index in [1.54, 1.807) is 36.2 Å². The Bertz CT molecular complexity index is 2210. The number of imidazole rings is 1. The molecule has 268 valence electrons. The van der Waals surface area contributed by atoms with Gasteiger partial charge < -0.3 is 20.2 Å². The van der Waals surface area contributed by atoms with Crippen LogP contribution in [0.15, 0.2) is 47.4 Å². The first kappa shape index (κ1) is 34.5. The Morgan fingerprint density at radius 3 is 2.57 bits per heavy atom. The van der Waals surface area contributed by atoms with E-state index >= 15 is 0 Å². The highest BCUT2D eigenvalue weighted by Crippen LogP contribution is 2.36. The number of hydrogen-bond acceptors (Lipinski definition) is 10. The molecule has 5 aromatic rings. The van der Waals surface area contributed by atoms with Crippen LogP contribution in [0.5, 0.6) is 0 Å². The van der Waals surface area contributed by atoms with Crippen molar-refractivity contribution in [1.29, 1.82) is 0 Å². The van der Waals surface area contributed by atoms with Gasteiger partial charge in [-0.25, -0.2) is 9.78 Å². The maximum absolute atomic E-state index is 13.0. The number of aliphatic hydroxyl groups is 1. The molecule has 5 heterocycles. The van der Waals surface area contributed by atoms with Crippen LogP contribution < -0.4 is 26.1 Å². The first-order chi connectivity index (χ1) is 24.3. The zero-order valence-electron chi connectivity index (χ0n) is 29.5. The molecular formula is C36H43ClN10O4. The van der Waals surface area contributed by atoms with Crippen LogP contribution in [0, 0.1) is 0 Å². The summed E-state index contributed by atoms with van der Waals surface area (Å²) in [5.41, 5.74) is 3.93. The van der Waals surface area contributed by atoms with Gasteiger partial charge in [0.15, 0.2) is 5.82 Å². The molecule has 0 radical (unpaired) electrons. The third kappa shape index (κ3) is 6.65. The SMILES string of the molecule is CN(c1cccc2c(C3CCC(=O)NC3=O)nn(C)c12)C1CCN(c2ncc(Cl)c(Nc3ccc4c(c3)n(CCC(C)(C)O)c(=O)n4C)n2)CC1. The summed E-state index contributed by atoms with van der Waals surface area (Å²) in [4.78, 5) is 51.3. The molecule has 2 fully saturated rings. The number of hydrogen-bond donors (Lipinski definition) is 3. The normalized spacial score (nSPS) is 17.4. The second kappa shape index (κ2) is 13.3. The molecule has 2 aliphatic rings. The molecule has 1 unspecified atom stereocenters. The summed E-state index contributed by atoms with van der Waals surface area (Å²) < 4.78 is 5.13. The largest absolute Gasteiger partial charge is 0.390 e. The average molecular weight is 715 g/mol. The molecular weight excluding hydrogens is 672 g/mol. The van der Waals surface area contributed by atoms with Crippen LogP contribution in [0.25, 0.3) is 21.9 Å². The number of benzene rings is 2. The van der Waals surface area contributed by atoms with E-state index in [0.29, 0.717) is 48.3 Å². The molecule has 14 nitrogen and oxygen atoms in total. The summed E-state index contributed by atoms with van der Waals surface area (Å²) >= 11 is 6.58. The van der Waals surface area contributed by atoms with Gasteiger partial charge in [0.05, 0.1) is 45.6 Å². The fourth-order valence-corrected chi connectivity index (χ4v) is 7.45. The number of nitrogens with one attached hydrogen (secondary N) is 2. The van der Waals surface area contributed by atoms with E-state index in [1.165, 1.54) is 0 Å². The highest BCUT2D eigenvalue weighted by Gasteiger charge is 2.33. The third-order valence-electron chi connectivity index (χ3n) is 10.2. The summed E-state index contributed by atoms with van der Waals surface area (Å²) in [6, 6.07) is 12.0. The Labute approximate surface area is 300 Å². The third-order valence-corrected chi connectivity index (χ3v) is 10.5. The van der Waals surface area contributed by atoms with Crippen molar-refractivity contribution in [2.75, 3.05) is 35.3 Å². The maximum Gasteiger partial charge on any atom is 0.328 e. The minimum absolute atomic E-state index is 0.142. The van der Waals surface area contributed by atoms with Crippen LogP contribution in [-0.2, 0) is 30.2 Å². The number of rotatable bonds is 9. The molecule has 2 amide bonds. The zero-order valence-corrected chi connectivity index (χ0v) is 30.2. The molecule has 0 aliphatic carbocycles. The molecule has 2 saturated heterocycles. The van der Waals surface area contributed by atoms with Crippen LogP contribution in [0.4, 0.5) is 23.1 Å². The number of nitrogens with zero attached hydrogens (tertiary/aromatic N) is 8. The van der Waals surface area contributed by atoms with Gasteiger partial charge >= 0.3 is 5.69 Å². The van der Waals surface area contributed by atoms with Crippen molar-refractivity contribution in [2.24, 2.45) is 14.1 Å². The molecule has 3 N–H and O–H groups in total. The van der Waals surface area contributed by atoms with Crippen LogP contribution >= 0.6 is 11.6 Å². The Balaban J connectivity index is 1.06. The molecule has 15 heteroatoms. The van der Waals surface area contributed by atoms with Gasteiger partial charge in [-0.1, -0.05) is 23.7 Å². The number of aromatic nitrogens is 6. The fraction of sp³-hybridized carbons (Fsp3) is 0.444. The summed E-state index contributed by atoms with van der Waals surface area (Å²) in [7, 11) is 5.74. The summed E-state index contributed by atoms with van der Waals surface area (Å²) in [6.45, 7) is 5.32. The smallest absolute Gasteiger partial charge is 0.328 e. The second-order valence-electron chi connectivity index (χ2n) is 14.3. The Kier molecular flexibility index (Phi) is 9.00. The van der Waals surface area contributed by atoms with Crippen molar-refractivity contribution < 1.29 is 14.7 Å². The Morgan fingerprint density at radius 1 is 1.08 bits per heavy atom. The van der Waals surface area contributed by atoms with E-state index in [1.807, 2.05) is 42.1 Å². The number of para-hydroxylation sites is 1. The number of aryl methyl sites for hydroxylation is 3. The molecule has 7 rings (SSSR count). The Hall–Kier alpha value is -4.95. The van der Waals surface area contributed by atoms with E-state index < -0.39 is 11.5 Å². The van der Waals surface area contributed by atoms with E-state index in [-0.39, 0.29) is 23.5 Å². The maximum atomic E-state index is 13.0. The van der Waals surface area contributed by atoms with Crippen molar-refractivity contribution in [1.82, 2.24) is 34.2 Å². The lowest BCUT2D eigenvalue weighted by Crippen LogP contribution is -2.44. The fourth-order valence-electron chi connectivity index (χ4n) is 7.31. The summed E-state index contributed by atoms with van der Waals surface area (Å²) in [5.74, 6) is 0.0609. The second-order valence-corrected chi connectivity index (χ2v) is 14.7. The van der Waals surface area contributed by atoms with Crippen LogP contribution in [0.2, 0.25) is 5.02 Å². The summed E-state index contributed by atoms with van der Waals surface area (Å²) in [5, 5.41) is 22.1. The summed E-state index contributed by atoms with van der Waals surface area (Å²) in [6.07, 6.45) is 4.53. The Morgan fingerprint density at radius 2 is 1.84 bits per heavy atom. The van der Waals surface area contributed by atoms with E-state index in [9.17, 15) is 19.5 Å². The predicted octanol–water partition coefficient (Wildman–Crippen LogP) is 4.20. The number of imide groups is 1. The number of amides is 2. The number of piperidine rings is 2. The first-order valence-electron chi connectivity index (χ1n) is 17.3. The van der Waals surface area contributed by atoms with Crippen molar-refractivity contribution in [3.8, 4) is 0 Å². The highest BCUT2D eigenvalue weighted by atomic mass is 35.5.